The lowest BCUT2D eigenvalue weighted by molar-refractivity contribution is 0.386. The van der Waals surface area contributed by atoms with E-state index in [4.69, 9.17) is 9.97 Å². The third kappa shape index (κ3) is 4.93. The zero-order valence-electron chi connectivity index (χ0n) is 17.5. The third-order valence-electron chi connectivity index (χ3n) is 5.59. The van der Waals surface area contributed by atoms with Gasteiger partial charge in [-0.1, -0.05) is 32.0 Å². The van der Waals surface area contributed by atoms with Gasteiger partial charge in [-0.05, 0) is 25.0 Å². The molecule has 0 N–H and O–H groups in total. The predicted octanol–water partition coefficient (Wildman–Crippen LogP) is 3.11. The van der Waals surface area contributed by atoms with Crippen molar-refractivity contribution >= 4 is 15.8 Å². The van der Waals surface area contributed by atoms with Crippen LogP contribution in [0.2, 0.25) is 0 Å². The molecule has 0 aliphatic carbocycles. The van der Waals surface area contributed by atoms with E-state index in [1.807, 2.05) is 13.0 Å². The zero-order valence-corrected chi connectivity index (χ0v) is 18.3. The molecular formula is C21H29FN4O2S. The summed E-state index contributed by atoms with van der Waals surface area (Å²) in [5, 5.41) is 0. The molecule has 1 saturated heterocycles. The molecule has 2 heterocycles. The van der Waals surface area contributed by atoms with E-state index in [0.717, 1.165) is 29.3 Å². The number of sulfonamides is 1. The van der Waals surface area contributed by atoms with Crippen molar-refractivity contribution in [1.82, 2.24) is 14.3 Å². The Morgan fingerprint density at radius 3 is 2.38 bits per heavy atom. The molecule has 1 aliphatic rings. The molecule has 29 heavy (non-hydrogen) atoms. The molecule has 1 aromatic heterocycles. The lowest BCUT2D eigenvalue weighted by atomic mass is 10.0. The topological polar surface area (TPSA) is 66.4 Å². The molecule has 3 rings (SSSR count). The first-order valence-electron chi connectivity index (χ1n) is 10.0. The van der Waals surface area contributed by atoms with E-state index < -0.39 is 10.0 Å². The van der Waals surface area contributed by atoms with E-state index in [1.165, 1.54) is 16.6 Å². The average Bonchev–Trinajstić information content (AvgIpc) is 2.69. The van der Waals surface area contributed by atoms with Crippen LogP contribution in [0.3, 0.4) is 0 Å². The summed E-state index contributed by atoms with van der Waals surface area (Å²) in [6.45, 7) is 8.07. The van der Waals surface area contributed by atoms with Crippen molar-refractivity contribution in [3.05, 3.63) is 52.7 Å². The number of rotatable bonds is 6. The molecule has 0 radical (unpaired) electrons. The summed E-state index contributed by atoms with van der Waals surface area (Å²) in [6, 6.07) is 6.75. The number of aromatic nitrogens is 2. The smallest absolute Gasteiger partial charge is 0.211 e. The highest BCUT2D eigenvalue weighted by molar-refractivity contribution is 7.88. The Morgan fingerprint density at radius 1 is 1.14 bits per heavy atom. The minimum absolute atomic E-state index is 0.215. The SMILES string of the molecule is CC[C@H](C)c1nc(C)c(Cc2ccccc2F)c(N2CCN(S(C)(=O)=O)CC2)n1. The van der Waals surface area contributed by atoms with Crippen LogP contribution < -0.4 is 4.90 Å². The highest BCUT2D eigenvalue weighted by Crippen LogP contribution is 2.28. The maximum atomic E-state index is 14.3. The number of aryl methyl sites for hydroxylation is 1. The van der Waals surface area contributed by atoms with Crippen LogP contribution in [0.15, 0.2) is 24.3 Å². The van der Waals surface area contributed by atoms with Crippen molar-refractivity contribution in [2.24, 2.45) is 0 Å². The monoisotopic (exact) mass is 420 g/mol. The molecule has 1 fully saturated rings. The van der Waals surface area contributed by atoms with Gasteiger partial charge >= 0.3 is 0 Å². The highest BCUT2D eigenvalue weighted by Gasteiger charge is 2.27. The van der Waals surface area contributed by atoms with Crippen LogP contribution in [-0.2, 0) is 16.4 Å². The molecule has 1 aromatic carbocycles. The quantitative estimate of drug-likeness (QED) is 0.718. The van der Waals surface area contributed by atoms with E-state index in [1.54, 1.807) is 12.1 Å². The number of hydrogen-bond acceptors (Lipinski definition) is 5. The first-order valence-corrected chi connectivity index (χ1v) is 11.9. The predicted molar refractivity (Wildman–Crippen MR) is 113 cm³/mol. The van der Waals surface area contributed by atoms with E-state index in [9.17, 15) is 12.8 Å². The van der Waals surface area contributed by atoms with E-state index in [0.29, 0.717) is 38.2 Å². The van der Waals surface area contributed by atoms with Crippen molar-refractivity contribution in [1.29, 1.82) is 0 Å². The van der Waals surface area contributed by atoms with Crippen LogP contribution >= 0.6 is 0 Å². The zero-order chi connectivity index (χ0) is 21.2. The number of halogens is 1. The Morgan fingerprint density at radius 2 is 1.79 bits per heavy atom. The molecule has 1 atom stereocenters. The molecule has 6 nitrogen and oxygen atoms in total. The van der Waals surface area contributed by atoms with Gasteiger partial charge in [-0.2, -0.15) is 4.31 Å². The van der Waals surface area contributed by atoms with Gasteiger partial charge in [-0.25, -0.2) is 22.8 Å². The fourth-order valence-corrected chi connectivity index (χ4v) is 4.36. The van der Waals surface area contributed by atoms with E-state index in [-0.39, 0.29) is 11.7 Å². The van der Waals surface area contributed by atoms with Gasteiger partial charge in [0.25, 0.3) is 0 Å². The Kier molecular flexibility index (Phi) is 6.53. The van der Waals surface area contributed by atoms with Gasteiger partial charge in [0.2, 0.25) is 10.0 Å². The minimum Gasteiger partial charge on any atom is -0.354 e. The van der Waals surface area contributed by atoms with Crippen LogP contribution in [-0.4, -0.2) is 55.1 Å². The Labute approximate surface area is 172 Å². The Balaban J connectivity index is 1.98. The summed E-state index contributed by atoms with van der Waals surface area (Å²) in [6.07, 6.45) is 2.57. The Bertz CT molecular complexity index is 973. The molecule has 0 saturated carbocycles. The lowest BCUT2D eigenvalue weighted by Gasteiger charge is -2.35. The number of benzene rings is 1. The number of hydrogen-bond donors (Lipinski definition) is 0. The molecule has 0 spiro atoms. The summed E-state index contributed by atoms with van der Waals surface area (Å²) >= 11 is 0. The molecule has 0 amide bonds. The summed E-state index contributed by atoms with van der Waals surface area (Å²) < 4.78 is 39.5. The van der Waals surface area contributed by atoms with Crippen LogP contribution in [0.5, 0.6) is 0 Å². The van der Waals surface area contributed by atoms with Gasteiger partial charge < -0.3 is 4.90 Å². The van der Waals surface area contributed by atoms with E-state index >= 15 is 0 Å². The van der Waals surface area contributed by atoms with Gasteiger partial charge in [0, 0.05) is 49.8 Å². The molecule has 2 aromatic rings. The second kappa shape index (κ2) is 8.75. The van der Waals surface area contributed by atoms with Crippen LogP contribution in [0.4, 0.5) is 10.2 Å². The average molecular weight is 421 g/mol. The van der Waals surface area contributed by atoms with Crippen molar-refractivity contribution < 1.29 is 12.8 Å². The lowest BCUT2D eigenvalue weighted by Crippen LogP contribution is -2.49. The summed E-state index contributed by atoms with van der Waals surface area (Å²) in [7, 11) is -3.21. The van der Waals surface area contributed by atoms with Crippen LogP contribution in [0.25, 0.3) is 0 Å². The second-order valence-electron chi connectivity index (χ2n) is 7.70. The van der Waals surface area contributed by atoms with Crippen LogP contribution in [0, 0.1) is 12.7 Å². The summed E-state index contributed by atoms with van der Waals surface area (Å²) in [5.74, 6) is 1.55. The van der Waals surface area contributed by atoms with Gasteiger partial charge in [-0.3, -0.25) is 0 Å². The van der Waals surface area contributed by atoms with Crippen molar-refractivity contribution in [2.75, 3.05) is 37.3 Å². The molecule has 1 aliphatic heterocycles. The maximum Gasteiger partial charge on any atom is 0.211 e. The number of anilines is 1. The minimum atomic E-state index is -3.21. The van der Waals surface area contributed by atoms with Crippen molar-refractivity contribution in [3.63, 3.8) is 0 Å². The largest absolute Gasteiger partial charge is 0.354 e. The maximum absolute atomic E-state index is 14.3. The summed E-state index contributed by atoms with van der Waals surface area (Å²) in [5.41, 5.74) is 2.35. The van der Waals surface area contributed by atoms with Gasteiger partial charge in [0.05, 0.1) is 6.26 Å². The summed E-state index contributed by atoms with van der Waals surface area (Å²) in [4.78, 5) is 11.7. The van der Waals surface area contributed by atoms with Gasteiger partial charge in [0.15, 0.2) is 0 Å². The Hall–Kier alpha value is -2.06. The standard InChI is InChI=1S/C21H29FN4O2S/c1-5-15(2)20-23-16(3)18(14-17-8-6-7-9-19(17)22)21(24-20)25-10-12-26(13-11-25)29(4,27)28/h6-9,15H,5,10-14H2,1-4H3/t15-/m0/s1. The number of nitrogens with zero attached hydrogens (tertiary/aromatic N) is 4. The second-order valence-corrected chi connectivity index (χ2v) is 9.68. The first kappa shape index (κ1) is 21.6. The normalized spacial score (nSPS) is 16.8. The molecule has 158 valence electrons. The van der Waals surface area contributed by atoms with Gasteiger partial charge in [-0.15, -0.1) is 0 Å². The third-order valence-corrected chi connectivity index (χ3v) is 6.90. The molecule has 8 heteroatoms. The molecule has 0 unspecified atom stereocenters. The van der Waals surface area contributed by atoms with Gasteiger partial charge in [0.1, 0.15) is 17.5 Å². The van der Waals surface area contributed by atoms with Crippen molar-refractivity contribution in [3.8, 4) is 0 Å². The van der Waals surface area contributed by atoms with Crippen molar-refractivity contribution in [2.45, 2.75) is 39.5 Å². The number of piperazine rings is 1. The highest BCUT2D eigenvalue weighted by atomic mass is 32.2. The molecular weight excluding hydrogens is 391 g/mol. The van der Waals surface area contributed by atoms with E-state index in [2.05, 4.69) is 18.7 Å². The fourth-order valence-electron chi connectivity index (χ4n) is 3.54. The van der Waals surface area contributed by atoms with Crippen LogP contribution in [0.1, 0.15) is 48.8 Å². The first-order chi connectivity index (χ1) is 13.7. The fraction of sp³-hybridized carbons (Fsp3) is 0.524. The molecule has 0 bridgehead atoms.